The highest BCUT2D eigenvalue weighted by Crippen LogP contribution is 2.32. The summed E-state index contributed by atoms with van der Waals surface area (Å²) in [6.45, 7) is 9.27. The molecule has 0 unspecified atom stereocenters. The third-order valence-electron chi connectivity index (χ3n) is 11.6. The summed E-state index contributed by atoms with van der Waals surface area (Å²) in [5, 5.41) is 35.1. The van der Waals surface area contributed by atoms with E-state index >= 15 is 0 Å². The van der Waals surface area contributed by atoms with Crippen LogP contribution in [0.4, 0.5) is 0 Å². The van der Waals surface area contributed by atoms with E-state index in [1.54, 1.807) is 0 Å². The van der Waals surface area contributed by atoms with Crippen molar-refractivity contribution in [2.45, 2.75) is 187 Å². The molecule has 3 aliphatic rings. The average Bonchev–Trinajstić information content (AvgIpc) is 3.97. The van der Waals surface area contributed by atoms with Gasteiger partial charge in [0.1, 0.15) is 48.4 Å². The molecule has 32 heteroatoms. The van der Waals surface area contributed by atoms with E-state index in [0.29, 0.717) is 0 Å². The summed E-state index contributed by atoms with van der Waals surface area (Å²) >= 11 is 0. The van der Waals surface area contributed by atoms with Crippen LogP contribution in [0.3, 0.4) is 0 Å². The Bertz CT molecular complexity index is 2470. The highest BCUT2D eigenvalue weighted by molar-refractivity contribution is 5.75. The van der Waals surface area contributed by atoms with Crippen LogP contribution >= 0.6 is 0 Å². The lowest BCUT2D eigenvalue weighted by atomic mass is 9.94. The number of rotatable bonds is 21. The second-order valence-corrected chi connectivity index (χ2v) is 17.9. The van der Waals surface area contributed by atoms with Gasteiger partial charge in [-0.3, -0.25) is 47.9 Å². The standard InChI is InChI=1S/C45H62N9O23/c1-19(55)46-34-40(72-26(8)62)37(69-23(5)59)32(15-54-13-30(49-51-54)17-68-45-35(47-20(2)56)41(73-27(9)63)39(71-25(7)61)33(77-45)18-66-22(4)58)76-44(34)67-16-29-12-53(50-48-29)14-31-38(70-24(6)60)42(74-28(10)64)36(43(65)75-31)52(11)21(3)57/h12-13,31-45H,14-18H2,1-11H3,(H,46,55)(H,47,56)/q-1/t31-,32-,33-,34-,35-,36-,37-,38-,39-,40-,41-,42-,43+,44+,45+/m1/s1. The predicted molar refractivity (Wildman–Crippen MR) is 243 cm³/mol. The minimum atomic E-state index is -1.97. The Morgan fingerprint density at radius 3 is 1.29 bits per heavy atom. The SMILES string of the molecule is CC(=O)N[C@H]1[C@@H](OCc2cn(C[C@H]3O[C@H](OCc4cn(C[C@H]5O[C@H]([O-])[C@H](N(C)C(C)=O)[C@@H](OC(C)=O)[C@@H]5OC(C)=O)nn4)[C@H](NC(C)=O)[C@@H](OC(C)=O)[C@@H]3OC(C)=O)nn2)O[C@H](COC(C)=O)[C@@H](OC(C)=O)[C@@H]1OC(C)=O. The van der Waals surface area contributed by atoms with Gasteiger partial charge in [-0.2, -0.15) is 0 Å². The third kappa shape index (κ3) is 17.1. The first kappa shape index (κ1) is 60.6. The number of ether oxygens (including phenoxy) is 12. The van der Waals surface area contributed by atoms with E-state index in [1.807, 2.05) is 0 Å². The second kappa shape index (κ2) is 27.2. The molecule has 426 valence electrons. The number of hydrogen-bond donors (Lipinski definition) is 2. The Balaban J connectivity index is 1.38. The molecular weight excluding hydrogens is 1030 g/mol. The van der Waals surface area contributed by atoms with Crippen LogP contribution in [0.1, 0.15) is 80.6 Å². The van der Waals surface area contributed by atoms with Crippen molar-refractivity contribution in [2.24, 2.45) is 0 Å². The average molecular weight is 1100 g/mol. The molecule has 2 N–H and O–H groups in total. The lowest BCUT2D eigenvalue weighted by Crippen LogP contribution is -2.69. The van der Waals surface area contributed by atoms with Crippen molar-refractivity contribution in [1.82, 2.24) is 45.5 Å². The molecular formula is C45H62N9O23-. The van der Waals surface area contributed by atoms with E-state index in [-0.39, 0.29) is 24.5 Å². The number of hydrogen-bond acceptors (Lipinski definition) is 27. The molecule has 0 radical (unpaired) electrons. The zero-order valence-electron chi connectivity index (χ0n) is 43.9. The first-order chi connectivity index (χ1) is 36.2. The highest BCUT2D eigenvalue weighted by atomic mass is 16.7. The molecule has 3 amide bonds. The van der Waals surface area contributed by atoms with Gasteiger partial charge in [0.15, 0.2) is 49.2 Å². The first-order valence-corrected chi connectivity index (χ1v) is 23.8. The van der Waals surface area contributed by atoms with Gasteiger partial charge in [-0.1, -0.05) is 10.4 Å². The molecule has 3 aliphatic heterocycles. The minimum Gasteiger partial charge on any atom is -0.829 e. The maximum Gasteiger partial charge on any atom is 0.303 e. The molecule has 2 aromatic rings. The van der Waals surface area contributed by atoms with Crippen LogP contribution in [0, 0.1) is 0 Å². The lowest BCUT2D eigenvalue weighted by Gasteiger charge is -2.50. The normalized spacial score (nSPS) is 28.9. The molecule has 5 rings (SSSR count). The molecule has 32 nitrogen and oxygen atoms in total. The van der Waals surface area contributed by atoms with Crippen LogP contribution in [-0.4, -0.2) is 200 Å². The molecule has 0 saturated carbocycles. The van der Waals surface area contributed by atoms with Crippen molar-refractivity contribution in [3.63, 3.8) is 0 Å². The summed E-state index contributed by atoms with van der Waals surface area (Å²) in [5.41, 5.74) is 0.236. The van der Waals surface area contributed by atoms with Crippen molar-refractivity contribution < 1.29 is 110 Å². The number of nitrogens with one attached hydrogen (secondary N) is 2. The Morgan fingerprint density at radius 1 is 0.532 bits per heavy atom. The van der Waals surface area contributed by atoms with Crippen molar-refractivity contribution in [1.29, 1.82) is 0 Å². The highest BCUT2D eigenvalue weighted by Gasteiger charge is 2.54. The van der Waals surface area contributed by atoms with Gasteiger partial charge in [0.2, 0.25) is 17.7 Å². The van der Waals surface area contributed by atoms with Crippen molar-refractivity contribution in [2.75, 3.05) is 13.7 Å². The molecule has 3 fully saturated rings. The molecule has 2 aromatic heterocycles. The van der Waals surface area contributed by atoms with Crippen LogP contribution < -0.4 is 15.7 Å². The van der Waals surface area contributed by atoms with Crippen LogP contribution in [0.25, 0.3) is 0 Å². The number of nitrogens with zero attached hydrogens (tertiary/aromatic N) is 7. The van der Waals surface area contributed by atoms with Crippen LogP contribution in [0.15, 0.2) is 12.4 Å². The van der Waals surface area contributed by atoms with Gasteiger partial charge in [-0.25, -0.2) is 9.36 Å². The van der Waals surface area contributed by atoms with E-state index in [1.165, 1.54) is 49.6 Å². The molecule has 3 saturated heterocycles. The summed E-state index contributed by atoms with van der Waals surface area (Å²) < 4.78 is 71.1. The number of esters is 7. The zero-order valence-corrected chi connectivity index (χ0v) is 43.9. The zero-order chi connectivity index (χ0) is 57.0. The van der Waals surface area contributed by atoms with E-state index in [9.17, 15) is 53.1 Å². The topological polar surface area (TPSA) is 393 Å². The van der Waals surface area contributed by atoms with Gasteiger partial charge in [0.25, 0.3) is 0 Å². The number of aromatic nitrogens is 6. The van der Waals surface area contributed by atoms with E-state index in [2.05, 4.69) is 31.3 Å². The molecule has 0 spiro atoms. The van der Waals surface area contributed by atoms with Crippen LogP contribution in [0.5, 0.6) is 0 Å². The van der Waals surface area contributed by atoms with Gasteiger partial charge in [-0.05, 0) is 0 Å². The summed E-state index contributed by atoms with van der Waals surface area (Å²) in [4.78, 5) is 124. The number of likely N-dealkylation sites (N-methyl/N-ethyl adjacent to an activating group) is 1. The summed E-state index contributed by atoms with van der Waals surface area (Å²) in [7, 11) is 1.30. The fourth-order valence-corrected chi connectivity index (χ4v) is 8.69. The smallest absolute Gasteiger partial charge is 0.303 e. The van der Waals surface area contributed by atoms with Crippen LogP contribution in [-0.2, 0) is 131 Å². The van der Waals surface area contributed by atoms with Gasteiger partial charge < -0.3 is 77.5 Å². The molecule has 5 heterocycles. The maximum absolute atomic E-state index is 13.4. The largest absolute Gasteiger partial charge is 0.829 e. The van der Waals surface area contributed by atoms with Crippen molar-refractivity contribution >= 4 is 59.5 Å². The molecule has 0 bridgehead atoms. The Hall–Kier alpha value is -7.26. The van der Waals surface area contributed by atoms with Crippen LogP contribution in [0.2, 0.25) is 0 Å². The second-order valence-electron chi connectivity index (χ2n) is 17.9. The van der Waals surface area contributed by atoms with E-state index in [4.69, 9.17) is 56.8 Å². The Labute approximate surface area is 439 Å². The predicted octanol–water partition coefficient (Wildman–Crippen LogP) is -3.85. The summed E-state index contributed by atoms with van der Waals surface area (Å²) in [6, 6.07) is -4.02. The fraction of sp³-hybridized carbons (Fsp3) is 0.689. The first-order valence-electron chi connectivity index (χ1n) is 23.8. The Morgan fingerprint density at radius 2 is 0.896 bits per heavy atom. The van der Waals surface area contributed by atoms with Gasteiger partial charge in [-0.15, -0.1) is 10.2 Å². The molecule has 15 atom stereocenters. The Kier molecular flexibility index (Phi) is 21.4. The van der Waals surface area contributed by atoms with Gasteiger partial charge in [0.05, 0.1) is 44.7 Å². The summed E-state index contributed by atoms with van der Waals surface area (Å²) in [6.07, 6.45) is -14.5. The fourth-order valence-electron chi connectivity index (χ4n) is 8.69. The van der Waals surface area contributed by atoms with E-state index in [0.717, 1.165) is 53.4 Å². The van der Waals surface area contributed by atoms with Gasteiger partial charge in [0, 0.05) is 82.6 Å². The van der Waals surface area contributed by atoms with E-state index < -0.39 is 171 Å². The van der Waals surface area contributed by atoms with Crippen molar-refractivity contribution in [3.8, 4) is 0 Å². The number of amides is 3. The van der Waals surface area contributed by atoms with Gasteiger partial charge >= 0.3 is 41.8 Å². The third-order valence-corrected chi connectivity index (χ3v) is 11.6. The number of carbonyl (C=O) groups is 10. The summed E-state index contributed by atoms with van der Waals surface area (Å²) in [5.74, 6) is -7.45. The quantitative estimate of drug-likeness (QED) is 0.0892. The monoisotopic (exact) mass is 1100 g/mol. The van der Waals surface area contributed by atoms with Crippen molar-refractivity contribution in [3.05, 3.63) is 23.8 Å². The minimum absolute atomic E-state index is 0.115. The number of carbonyl (C=O) groups excluding carboxylic acids is 10. The molecule has 77 heavy (non-hydrogen) atoms. The molecule has 0 aliphatic carbocycles. The lowest BCUT2D eigenvalue weighted by molar-refractivity contribution is -0.524. The molecule has 0 aromatic carbocycles. The maximum atomic E-state index is 13.4.